The molecule has 0 spiro atoms. The van der Waals surface area contributed by atoms with Crippen molar-refractivity contribution < 1.29 is 13.5 Å². The molecule has 0 amide bonds. The van der Waals surface area contributed by atoms with Crippen molar-refractivity contribution in [1.29, 1.82) is 0 Å². The third-order valence-electron chi connectivity index (χ3n) is 3.33. The Morgan fingerprint density at radius 3 is 2.43 bits per heavy atom. The van der Waals surface area contributed by atoms with Gasteiger partial charge in [-0.25, -0.2) is 8.42 Å². The zero-order chi connectivity index (χ0) is 15.6. The molecule has 0 saturated heterocycles. The SMILES string of the molecule is Cc1ccc(C(O)CS(=O)(=O)c2ccccc2Cl)c(C)c1. The fourth-order valence-corrected chi connectivity index (χ4v) is 4.20. The van der Waals surface area contributed by atoms with Gasteiger partial charge in [0.2, 0.25) is 0 Å². The number of hydrogen-bond donors (Lipinski definition) is 1. The second-order valence-corrected chi connectivity index (χ2v) is 7.50. The highest BCUT2D eigenvalue weighted by atomic mass is 35.5. The van der Waals surface area contributed by atoms with Gasteiger partial charge >= 0.3 is 0 Å². The average Bonchev–Trinajstić information content (AvgIpc) is 2.38. The lowest BCUT2D eigenvalue weighted by Crippen LogP contribution is -2.16. The molecule has 1 unspecified atom stereocenters. The maximum Gasteiger partial charge on any atom is 0.182 e. The van der Waals surface area contributed by atoms with Gasteiger partial charge in [-0.05, 0) is 37.1 Å². The van der Waals surface area contributed by atoms with E-state index >= 15 is 0 Å². The van der Waals surface area contributed by atoms with Crippen molar-refractivity contribution in [3.05, 3.63) is 64.2 Å². The van der Waals surface area contributed by atoms with Crippen LogP contribution in [0.4, 0.5) is 0 Å². The number of aliphatic hydroxyl groups is 1. The van der Waals surface area contributed by atoms with E-state index in [1.54, 1.807) is 18.2 Å². The molecule has 0 bridgehead atoms. The molecule has 0 fully saturated rings. The number of sulfone groups is 1. The van der Waals surface area contributed by atoms with Gasteiger partial charge in [-0.1, -0.05) is 47.5 Å². The van der Waals surface area contributed by atoms with E-state index in [-0.39, 0.29) is 15.7 Å². The van der Waals surface area contributed by atoms with E-state index in [1.165, 1.54) is 12.1 Å². The van der Waals surface area contributed by atoms with Crippen LogP contribution in [0.2, 0.25) is 5.02 Å². The normalized spacial score (nSPS) is 13.1. The van der Waals surface area contributed by atoms with Crippen LogP contribution in [0.25, 0.3) is 0 Å². The summed E-state index contributed by atoms with van der Waals surface area (Å²) in [7, 11) is -3.65. The van der Waals surface area contributed by atoms with Gasteiger partial charge in [-0.15, -0.1) is 0 Å². The van der Waals surface area contributed by atoms with Crippen molar-refractivity contribution in [2.75, 3.05) is 5.75 Å². The lowest BCUT2D eigenvalue weighted by Gasteiger charge is -2.15. The van der Waals surface area contributed by atoms with Gasteiger partial charge in [-0.2, -0.15) is 0 Å². The van der Waals surface area contributed by atoms with Crippen LogP contribution in [0.3, 0.4) is 0 Å². The Labute approximate surface area is 130 Å². The monoisotopic (exact) mass is 324 g/mol. The quantitative estimate of drug-likeness (QED) is 0.937. The zero-order valence-electron chi connectivity index (χ0n) is 11.9. The molecule has 1 N–H and O–H groups in total. The van der Waals surface area contributed by atoms with Crippen LogP contribution in [-0.2, 0) is 9.84 Å². The first kappa shape index (κ1) is 16.0. The first-order valence-electron chi connectivity index (χ1n) is 6.54. The average molecular weight is 325 g/mol. The fraction of sp³-hybridized carbons (Fsp3) is 0.250. The molecule has 0 aromatic heterocycles. The fourth-order valence-electron chi connectivity index (χ4n) is 2.28. The molecule has 1 atom stereocenters. The van der Waals surface area contributed by atoms with Crippen molar-refractivity contribution >= 4 is 21.4 Å². The second-order valence-electron chi connectivity index (χ2n) is 5.09. The minimum atomic E-state index is -3.65. The Bertz CT molecular complexity index is 754. The van der Waals surface area contributed by atoms with Crippen LogP contribution in [0.15, 0.2) is 47.4 Å². The van der Waals surface area contributed by atoms with Crippen LogP contribution in [0.1, 0.15) is 22.8 Å². The van der Waals surface area contributed by atoms with Crippen LogP contribution in [-0.4, -0.2) is 19.3 Å². The van der Waals surface area contributed by atoms with Crippen molar-refractivity contribution in [2.45, 2.75) is 24.8 Å². The Morgan fingerprint density at radius 2 is 1.81 bits per heavy atom. The van der Waals surface area contributed by atoms with Crippen molar-refractivity contribution in [2.24, 2.45) is 0 Å². The van der Waals surface area contributed by atoms with Gasteiger partial charge in [0.15, 0.2) is 9.84 Å². The number of aliphatic hydroxyl groups excluding tert-OH is 1. The standard InChI is InChI=1S/C16H17ClO3S/c1-11-7-8-13(12(2)9-11)15(18)10-21(19,20)16-6-4-3-5-14(16)17/h3-9,15,18H,10H2,1-2H3. The first-order valence-corrected chi connectivity index (χ1v) is 8.57. The molecule has 0 aliphatic heterocycles. The third-order valence-corrected chi connectivity index (χ3v) is 5.56. The molecule has 21 heavy (non-hydrogen) atoms. The van der Waals surface area contributed by atoms with Gasteiger partial charge in [0, 0.05) is 0 Å². The summed E-state index contributed by atoms with van der Waals surface area (Å²) >= 11 is 5.93. The molecular formula is C16H17ClO3S. The maximum absolute atomic E-state index is 12.4. The number of rotatable bonds is 4. The highest BCUT2D eigenvalue weighted by Gasteiger charge is 2.23. The maximum atomic E-state index is 12.4. The third kappa shape index (κ3) is 3.64. The molecule has 0 aliphatic rings. The summed E-state index contributed by atoms with van der Waals surface area (Å²) in [5.74, 6) is -0.388. The molecule has 2 aromatic rings. The second kappa shape index (κ2) is 6.18. The summed E-state index contributed by atoms with van der Waals surface area (Å²) in [5.41, 5.74) is 2.56. The molecule has 112 valence electrons. The summed E-state index contributed by atoms with van der Waals surface area (Å²) in [6.45, 7) is 3.80. The van der Waals surface area contributed by atoms with E-state index in [2.05, 4.69) is 0 Å². The van der Waals surface area contributed by atoms with Gasteiger partial charge in [-0.3, -0.25) is 0 Å². The van der Waals surface area contributed by atoms with E-state index in [9.17, 15) is 13.5 Å². The van der Waals surface area contributed by atoms with Crippen molar-refractivity contribution in [3.63, 3.8) is 0 Å². The minimum absolute atomic E-state index is 0.0514. The Kier molecular flexibility index (Phi) is 4.71. The van der Waals surface area contributed by atoms with Gasteiger partial charge < -0.3 is 5.11 Å². The van der Waals surface area contributed by atoms with Crippen molar-refractivity contribution in [3.8, 4) is 0 Å². The zero-order valence-corrected chi connectivity index (χ0v) is 13.4. The van der Waals surface area contributed by atoms with Crippen LogP contribution < -0.4 is 0 Å². The van der Waals surface area contributed by atoms with Gasteiger partial charge in [0.1, 0.15) is 0 Å². The van der Waals surface area contributed by atoms with Crippen LogP contribution >= 0.6 is 11.6 Å². The van der Waals surface area contributed by atoms with E-state index in [0.717, 1.165) is 11.1 Å². The molecule has 3 nitrogen and oxygen atoms in total. The summed E-state index contributed by atoms with van der Waals surface area (Å²) in [4.78, 5) is 0.0514. The lowest BCUT2D eigenvalue weighted by molar-refractivity contribution is 0.201. The molecular weight excluding hydrogens is 308 g/mol. The molecule has 0 saturated carbocycles. The van der Waals surface area contributed by atoms with E-state index in [0.29, 0.717) is 5.56 Å². The highest BCUT2D eigenvalue weighted by molar-refractivity contribution is 7.91. The first-order chi connectivity index (χ1) is 9.81. The molecule has 0 aliphatic carbocycles. The van der Waals surface area contributed by atoms with Gasteiger partial charge in [0.05, 0.1) is 21.8 Å². The van der Waals surface area contributed by atoms with E-state index in [4.69, 9.17) is 11.6 Å². The lowest BCUT2D eigenvalue weighted by atomic mass is 10.0. The molecule has 2 aromatic carbocycles. The number of hydrogen-bond acceptors (Lipinski definition) is 3. The molecule has 0 radical (unpaired) electrons. The predicted octanol–water partition coefficient (Wildman–Crippen LogP) is 3.46. The van der Waals surface area contributed by atoms with Crippen LogP contribution in [0.5, 0.6) is 0 Å². The number of benzene rings is 2. The number of aryl methyl sites for hydroxylation is 2. The van der Waals surface area contributed by atoms with E-state index in [1.807, 2.05) is 26.0 Å². The van der Waals surface area contributed by atoms with Crippen LogP contribution in [0, 0.1) is 13.8 Å². The predicted molar refractivity (Wildman–Crippen MR) is 84.4 cm³/mol. The molecule has 2 rings (SSSR count). The smallest absolute Gasteiger partial charge is 0.182 e. The van der Waals surface area contributed by atoms with E-state index < -0.39 is 15.9 Å². The summed E-state index contributed by atoms with van der Waals surface area (Å²) in [6, 6.07) is 11.8. The summed E-state index contributed by atoms with van der Waals surface area (Å²) in [6.07, 6.45) is -1.08. The summed E-state index contributed by atoms with van der Waals surface area (Å²) < 4.78 is 24.7. The number of halogens is 1. The van der Waals surface area contributed by atoms with Crippen molar-refractivity contribution in [1.82, 2.24) is 0 Å². The topological polar surface area (TPSA) is 54.4 Å². The molecule has 0 heterocycles. The molecule has 5 heteroatoms. The Hall–Kier alpha value is -1.36. The largest absolute Gasteiger partial charge is 0.387 e. The summed E-state index contributed by atoms with van der Waals surface area (Å²) in [5, 5.41) is 10.4. The Balaban J connectivity index is 2.30. The van der Waals surface area contributed by atoms with Gasteiger partial charge in [0.25, 0.3) is 0 Å². The Morgan fingerprint density at radius 1 is 1.14 bits per heavy atom. The highest BCUT2D eigenvalue weighted by Crippen LogP contribution is 2.26. The minimum Gasteiger partial charge on any atom is -0.387 e.